The summed E-state index contributed by atoms with van der Waals surface area (Å²) >= 11 is 0. The van der Waals surface area contributed by atoms with E-state index in [4.69, 9.17) is 0 Å². The smallest absolute Gasteiger partial charge is 0.263 e. The third kappa shape index (κ3) is 3.25. The molecule has 114 valence electrons. The summed E-state index contributed by atoms with van der Waals surface area (Å²) < 4.78 is 29.1. The van der Waals surface area contributed by atoms with Crippen LogP contribution < -0.4 is 4.72 Å². The van der Waals surface area contributed by atoms with Crippen molar-refractivity contribution in [1.82, 2.24) is 9.55 Å². The van der Waals surface area contributed by atoms with E-state index in [0.29, 0.717) is 17.1 Å². The summed E-state index contributed by atoms with van der Waals surface area (Å²) in [6.07, 6.45) is 3.14. The zero-order chi connectivity index (χ0) is 15.6. The van der Waals surface area contributed by atoms with Gasteiger partial charge in [0.1, 0.15) is 4.90 Å². The number of pyridine rings is 1. The molecule has 0 saturated carbocycles. The van der Waals surface area contributed by atoms with E-state index in [-0.39, 0.29) is 17.5 Å². The highest BCUT2D eigenvalue weighted by atomic mass is 32.2. The second-order valence-corrected chi connectivity index (χ2v) is 6.75. The van der Waals surface area contributed by atoms with E-state index in [2.05, 4.69) is 9.71 Å². The van der Waals surface area contributed by atoms with Crippen LogP contribution in [0.1, 0.15) is 31.3 Å². The fourth-order valence-electron chi connectivity index (χ4n) is 2.05. The van der Waals surface area contributed by atoms with Crippen molar-refractivity contribution >= 4 is 15.7 Å². The summed E-state index contributed by atoms with van der Waals surface area (Å²) in [4.78, 5) is 4.18. The quantitative estimate of drug-likeness (QED) is 0.885. The van der Waals surface area contributed by atoms with Gasteiger partial charge in [-0.15, -0.1) is 0 Å². The summed E-state index contributed by atoms with van der Waals surface area (Å²) in [5.74, 6) is 0. The lowest BCUT2D eigenvalue weighted by molar-refractivity contribution is 0.268. The molecule has 21 heavy (non-hydrogen) atoms. The number of aromatic nitrogens is 2. The minimum Gasteiger partial charge on any atom is -0.390 e. The molecule has 0 bridgehead atoms. The first kappa shape index (κ1) is 15.5. The van der Waals surface area contributed by atoms with E-state index in [1.54, 1.807) is 29.8 Å². The number of hydrogen-bond donors (Lipinski definition) is 2. The van der Waals surface area contributed by atoms with Crippen LogP contribution in [0.25, 0.3) is 0 Å². The van der Waals surface area contributed by atoms with Gasteiger partial charge in [-0.25, -0.2) is 8.42 Å². The largest absolute Gasteiger partial charge is 0.390 e. The Labute approximate surface area is 124 Å². The summed E-state index contributed by atoms with van der Waals surface area (Å²) in [5, 5.41) is 9.33. The molecule has 7 heteroatoms. The molecule has 0 aliphatic carbocycles. The van der Waals surface area contributed by atoms with Crippen LogP contribution in [0.3, 0.4) is 0 Å². The lowest BCUT2D eigenvalue weighted by atomic mass is 10.3. The molecule has 0 aliphatic heterocycles. The van der Waals surface area contributed by atoms with Gasteiger partial charge in [-0.05, 0) is 39.0 Å². The third-order valence-electron chi connectivity index (χ3n) is 3.19. The number of rotatable bonds is 5. The number of nitrogens with zero attached hydrogens (tertiary/aromatic N) is 2. The van der Waals surface area contributed by atoms with Crippen molar-refractivity contribution in [2.75, 3.05) is 4.72 Å². The van der Waals surface area contributed by atoms with Gasteiger partial charge in [0.15, 0.2) is 0 Å². The zero-order valence-electron chi connectivity index (χ0n) is 12.2. The molecule has 0 saturated heterocycles. The molecule has 0 aliphatic rings. The molecule has 0 spiro atoms. The minimum atomic E-state index is -3.70. The molecule has 0 atom stereocenters. The van der Waals surface area contributed by atoms with Crippen LogP contribution >= 0.6 is 0 Å². The molecule has 2 heterocycles. The van der Waals surface area contributed by atoms with Gasteiger partial charge < -0.3 is 9.67 Å². The van der Waals surface area contributed by atoms with E-state index >= 15 is 0 Å². The maximum absolute atomic E-state index is 12.4. The predicted octanol–water partition coefficient (Wildman–Crippen LogP) is 2.07. The highest BCUT2D eigenvalue weighted by Crippen LogP contribution is 2.22. The van der Waals surface area contributed by atoms with Gasteiger partial charge >= 0.3 is 0 Å². The molecule has 6 nitrogen and oxygen atoms in total. The highest BCUT2D eigenvalue weighted by Gasteiger charge is 2.20. The van der Waals surface area contributed by atoms with Crippen molar-refractivity contribution in [2.45, 2.75) is 38.3 Å². The van der Waals surface area contributed by atoms with Crippen LogP contribution in [0.15, 0.2) is 35.5 Å². The van der Waals surface area contributed by atoms with Crippen molar-refractivity contribution in [2.24, 2.45) is 0 Å². The standard InChI is InChI=1S/C14H19N3O3S/c1-10(2)17-8-13(7-12(17)9-18)21(19,20)16-14-5-4-6-15-11(14)3/h4-8,10,16,18H,9H2,1-3H3. The topological polar surface area (TPSA) is 84.2 Å². The fourth-order valence-corrected chi connectivity index (χ4v) is 3.21. The number of aliphatic hydroxyl groups excluding tert-OH is 1. The lowest BCUT2D eigenvalue weighted by Crippen LogP contribution is -2.13. The zero-order valence-corrected chi connectivity index (χ0v) is 13.1. The van der Waals surface area contributed by atoms with E-state index in [1.165, 1.54) is 12.3 Å². The van der Waals surface area contributed by atoms with Gasteiger partial charge in [0.05, 0.1) is 18.0 Å². The maximum atomic E-state index is 12.4. The number of aryl methyl sites for hydroxylation is 1. The van der Waals surface area contributed by atoms with Gasteiger partial charge in [-0.3, -0.25) is 9.71 Å². The molecule has 2 N–H and O–H groups in total. The van der Waals surface area contributed by atoms with Crippen LogP contribution in [0.5, 0.6) is 0 Å². The molecule has 0 aromatic carbocycles. The molecule has 2 aromatic rings. The van der Waals surface area contributed by atoms with Crippen LogP contribution in [0.4, 0.5) is 5.69 Å². The summed E-state index contributed by atoms with van der Waals surface area (Å²) in [6, 6.07) is 4.88. The Balaban J connectivity index is 2.38. The fraction of sp³-hybridized carbons (Fsp3) is 0.357. The Morgan fingerprint density at radius 2 is 2.14 bits per heavy atom. The Bertz CT molecular complexity index is 736. The Morgan fingerprint density at radius 3 is 2.67 bits per heavy atom. The van der Waals surface area contributed by atoms with E-state index in [9.17, 15) is 13.5 Å². The SMILES string of the molecule is Cc1ncccc1NS(=O)(=O)c1cc(CO)n(C(C)C)c1. The van der Waals surface area contributed by atoms with Crippen LogP contribution in [0, 0.1) is 6.92 Å². The Hall–Kier alpha value is -1.86. The van der Waals surface area contributed by atoms with Gasteiger partial charge in [0.25, 0.3) is 10.0 Å². The Morgan fingerprint density at radius 1 is 1.43 bits per heavy atom. The summed E-state index contributed by atoms with van der Waals surface area (Å²) in [5.41, 5.74) is 1.61. The predicted molar refractivity (Wildman–Crippen MR) is 80.5 cm³/mol. The second-order valence-electron chi connectivity index (χ2n) is 5.07. The second kappa shape index (κ2) is 5.87. The van der Waals surface area contributed by atoms with Gasteiger partial charge in [0, 0.05) is 24.1 Å². The van der Waals surface area contributed by atoms with Crippen molar-refractivity contribution < 1.29 is 13.5 Å². The average Bonchev–Trinajstić information content (AvgIpc) is 2.86. The third-order valence-corrected chi connectivity index (χ3v) is 4.52. The van der Waals surface area contributed by atoms with Crippen LogP contribution in [0.2, 0.25) is 0 Å². The number of nitrogens with one attached hydrogen (secondary N) is 1. The van der Waals surface area contributed by atoms with Crippen molar-refractivity contribution in [3.8, 4) is 0 Å². The molecule has 2 rings (SSSR count). The Kier molecular flexibility index (Phi) is 4.34. The van der Waals surface area contributed by atoms with Crippen LogP contribution in [-0.4, -0.2) is 23.1 Å². The van der Waals surface area contributed by atoms with Crippen molar-refractivity contribution in [3.63, 3.8) is 0 Å². The monoisotopic (exact) mass is 309 g/mol. The highest BCUT2D eigenvalue weighted by molar-refractivity contribution is 7.92. The number of anilines is 1. The summed E-state index contributed by atoms with van der Waals surface area (Å²) in [6.45, 7) is 5.37. The molecular weight excluding hydrogens is 290 g/mol. The number of sulfonamides is 1. The normalized spacial score (nSPS) is 11.9. The number of aliphatic hydroxyl groups is 1. The van der Waals surface area contributed by atoms with Crippen LogP contribution in [-0.2, 0) is 16.6 Å². The molecule has 0 unspecified atom stereocenters. The first-order valence-corrected chi connectivity index (χ1v) is 8.09. The number of hydrogen-bond acceptors (Lipinski definition) is 4. The molecule has 0 amide bonds. The van der Waals surface area contributed by atoms with E-state index in [1.807, 2.05) is 13.8 Å². The van der Waals surface area contributed by atoms with E-state index < -0.39 is 10.0 Å². The molecule has 0 fully saturated rings. The van der Waals surface area contributed by atoms with Gasteiger partial charge in [-0.2, -0.15) is 0 Å². The summed E-state index contributed by atoms with van der Waals surface area (Å²) in [7, 11) is -3.70. The molecular formula is C14H19N3O3S. The van der Waals surface area contributed by atoms with Gasteiger partial charge in [-0.1, -0.05) is 0 Å². The lowest BCUT2D eigenvalue weighted by Gasteiger charge is -2.10. The minimum absolute atomic E-state index is 0.0660. The molecule has 2 aromatic heterocycles. The molecule has 0 radical (unpaired) electrons. The van der Waals surface area contributed by atoms with E-state index in [0.717, 1.165) is 0 Å². The average molecular weight is 309 g/mol. The van der Waals surface area contributed by atoms with Crippen molar-refractivity contribution in [3.05, 3.63) is 42.0 Å². The first-order valence-electron chi connectivity index (χ1n) is 6.61. The first-order chi connectivity index (χ1) is 9.85. The van der Waals surface area contributed by atoms with Crippen molar-refractivity contribution in [1.29, 1.82) is 0 Å². The maximum Gasteiger partial charge on any atom is 0.263 e. The van der Waals surface area contributed by atoms with Gasteiger partial charge in [0.2, 0.25) is 0 Å².